The van der Waals surface area contributed by atoms with E-state index in [0.717, 1.165) is 16.9 Å². The van der Waals surface area contributed by atoms with Crippen LogP contribution >= 0.6 is 15.9 Å². The molecule has 0 amide bonds. The number of ether oxygens (including phenoxy) is 3. The van der Waals surface area contributed by atoms with Crippen LogP contribution in [-0.2, 0) is 13.0 Å². The highest BCUT2D eigenvalue weighted by Gasteiger charge is 2.24. The zero-order valence-corrected chi connectivity index (χ0v) is 23.1. The normalized spacial score (nSPS) is 11.8. The number of methoxy groups -OCH3 is 3. The molecule has 0 saturated heterocycles. The fourth-order valence-electron chi connectivity index (χ4n) is 4.08. The molecule has 0 spiro atoms. The first-order valence-electron chi connectivity index (χ1n) is 12.1. The van der Waals surface area contributed by atoms with Crippen molar-refractivity contribution in [1.29, 1.82) is 0 Å². The van der Waals surface area contributed by atoms with Crippen LogP contribution < -0.4 is 19.5 Å². The van der Waals surface area contributed by atoms with Gasteiger partial charge in [0, 0.05) is 12.7 Å². The minimum atomic E-state index is -0.495. The van der Waals surface area contributed by atoms with Crippen molar-refractivity contribution in [2.45, 2.75) is 17.8 Å². The van der Waals surface area contributed by atoms with Crippen molar-refractivity contribution in [2.24, 2.45) is 0 Å². The Bertz CT molecular complexity index is 1580. The zero-order chi connectivity index (χ0) is 27.4. The fraction of sp³-hybridized carbons (Fsp3) is 0.214. The summed E-state index contributed by atoms with van der Waals surface area (Å²) in [4.78, 5) is 22.2. The van der Waals surface area contributed by atoms with E-state index in [1.807, 2.05) is 42.5 Å². The number of hydrogen-bond donors (Lipinski definition) is 1. The van der Waals surface area contributed by atoms with Crippen molar-refractivity contribution in [2.75, 3.05) is 26.6 Å². The van der Waals surface area contributed by atoms with Crippen LogP contribution in [0.1, 0.15) is 21.5 Å². The maximum atomic E-state index is 13.5. The summed E-state index contributed by atoms with van der Waals surface area (Å²) >= 11 is 3.57. The number of nitrogens with zero attached hydrogens (tertiary/aromatic N) is 4. The molecule has 11 heteroatoms. The first-order valence-corrected chi connectivity index (χ1v) is 13.0. The van der Waals surface area contributed by atoms with Crippen LogP contribution in [0.2, 0.25) is 0 Å². The summed E-state index contributed by atoms with van der Waals surface area (Å²) in [7, 11) is 4.80. The Morgan fingerprint density at radius 3 is 2.49 bits per heavy atom. The maximum Gasteiger partial charge on any atom is 0.226 e. The third-order valence-electron chi connectivity index (χ3n) is 6.13. The first-order chi connectivity index (χ1) is 19.0. The third kappa shape index (κ3) is 5.58. The maximum absolute atomic E-state index is 13.5. The van der Waals surface area contributed by atoms with Crippen molar-refractivity contribution < 1.29 is 23.4 Å². The molecule has 39 heavy (non-hydrogen) atoms. The van der Waals surface area contributed by atoms with Gasteiger partial charge in [-0.1, -0.05) is 34.1 Å². The molecule has 3 aromatic heterocycles. The molecule has 5 rings (SSSR count). The van der Waals surface area contributed by atoms with E-state index in [1.54, 1.807) is 39.7 Å². The molecular formula is C28H26BrN5O5. The molecule has 1 N–H and O–H groups in total. The topological polar surface area (TPSA) is 113 Å². The van der Waals surface area contributed by atoms with Crippen LogP contribution in [0.5, 0.6) is 17.2 Å². The molecule has 0 aliphatic rings. The number of nitrogens with one attached hydrogen (secondary N) is 1. The lowest BCUT2D eigenvalue weighted by Gasteiger charge is -2.13. The average Bonchev–Trinajstić information content (AvgIpc) is 3.66. The Labute approximate surface area is 233 Å². The highest BCUT2D eigenvalue weighted by molar-refractivity contribution is 9.10. The Balaban J connectivity index is 1.45. The van der Waals surface area contributed by atoms with Gasteiger partial charge in [0.25, 0.3) is 0 Å². The Kier molecular flexibility index (Phi) is 7.78. The van der Waals surface area contributed by atoms with Gasteiger partial charge in [-0.3, -0.25) is 4.79 Å². The second-order valence-corrected chi connectivity index (χ2v) is 9.68. The molecule has 0 saturated carbocycles. The molecule has 5 aromatic rings. The van der Waals surface area contributed by atoms with E-state index in [1.165, 1.54) is 10.7 Å². The summed E-state index contributed by atoms with van der Waals surface area (Å²) in [6.45, 7) is 0.421. The average molecular weight is 592 g/mol. The SMILES string of the molecule is COc1ccc(CC(Br)C(=O)c2cnc(NCc3ccc(OC)c(OC)c3)n3nc(-c4ccco4)nc23)cc1. The Hall–Kier alpha value is -4.38. The van der Waals surface area contributed by atoms with Crippen molar-refractivity contribution in [3.05, 3.63) is 83.7 Å². The van der Waals surface area contributed by atoms with Gasteiger partial charge in [0.1, 0.15) is 5.75 Å². The van der Waals surface area contributed by atoms with Crippen LogP contribution in [-0.4, -0.2) is 51.5 Å². The number of aromatic nitrogens is 4. The second-order valence-electron chi connectivity index (χ2n) is 8.57. The number of carbonyl (C=O) groups excluding carboxylic acids is 1. The molecule has 0 radical (unpaired) electrons. The predicted molar refractivity (Wildman–Crippen MR) is 149 cm³/mol. The van der Waals surface area contributed by atoms with Gasteiger partial charge in [-0.2, -0.15) is 4.52 Å². The van der Waals surface area contributed by atoms with E-state index < -0.39 is 4.83 Å². The van der Waals surface area contributed by atoms with Crippen LogP contribution in [0.25, 0.3) is 17.2 Å². The van der Waals surface area contributed by atoms with Gasteiger partial charge < -0.3 is 23.9 Å². The highest BCUT2D eigenvalue weighted by atomic mass is 79.9. The molecular weight excluding hydrogens is 566 g/mol. The number of rotatable bonds is 11. The summed E-state index contributed by atoms with van der Waals surface area (Å²) < 4.78 is 23.0. The number of carbonyl (C=O) groups is 1. The molecule has 0 bridgehead atoms. The van der Waals surface area contributed by atoms with Gasteiger partial charge in [0.05, 0.1) is 38.0 Å². The lowest BCUT2D eigenvalue weighted by atomic mass is 10.0. The molecule has 2 aromatic carbocycles. The number of ketones is 1. The fourth-order valence-corrected chi connectivity index (χ4v) is 4.70. The molecule has 0 aliphatic heterocycles. The van der Waals surface area contributed by atoms with E-state index in [2.05, 4.69) is 36.3 Å². The van der Waals surface area contributed by atoms with Gasteiger partial charge in [-0.05, 0) is 53.9 Å². The number of halogens is 1. The van der Waals surface area contributed by atoms with Crippen molar-refractivity contribution in [1.82, 2.24) is 19.6 Å². The largest absolute Gasteiger partial charge is 0.497 e. The Morgan fingerprint density at radius 2 is 1.79 bits per heavy atom. The summed E-state index contributed by atoms with van der Waals surface area (Å²) in [5.41, 5.74) is 2.64. The molecule has 1 unspecified atom stereocenters. The van der Waals surface area contributed by atoms with E-state index in [9.17, 15) is 4.79 Å². The summed E-state index contributed by atoms with van der Waals surface area (Å²) in [6.07, 6.45) is 3.55. The quantitative estimate of drug-likeness (QED) is 0.163. The number of benzene rings is 2. The van der Waals surface area contributed by atoms with Crippen molar-refractivity contribution >= 4 is 33.3 Å². The lowest BCUT2D eigenvalue weighted by Crippen LogP contribution is -2.19. The standard InChI is InChI=1S/C28H26BrN5O5/c1-36-19-9-6-17(7-10-19)13-21(29)25(35)20-16-31-28(30-15-18-8-11-22(37-2)24(14-18)38-3)34-27(20)32-26(33-34)23-5-4-12-39-23/h4-12,14,16,21H,13,15H2,1-3H3,(H,30,31). The first kappa shape index (κ1) is 26.2. The van der Waals surface area contributed by atoms with E-state index >= 15 is 0 Å². The molecule has 200 valence electrons. The molecule has 3 heterocycles. The minimum absolute atomic E-state index is 0.159. The van der Waals surface area contributed by atoms with E-state index in [-0.39, 0.29) is 5.78 Å². The van der Waals surface area contributed by atoms with Gasteiger partial charge in [-0.25, -0.2) is 9.97 Å². The molecule has 0 aliphatic carbocycles. The third-order valence-corrected chi connectivity index (χ3v) is 6.87. The number of fused-ring (bicyclic) bond motifs is 1. The monoisotopic (exact) mass is 591 g/mol. The van der Waals surface area contributed by atoms with Crippen LogP contribution in [0, 0.1) is 0 Å². The zero-order valence-electron chi connectivity index (χ0n) is 21.6. The van der Waals surface area contributed by atoms with E-state index in [0.29, 0.717) is 53.2 Å². The summed E-state index contributed by atoms with van der Waals surface area (Å²) in [5, 5.41) is 7.88. The summed E-state index contributed by atoms with van der Waals surface area (Å²) in [6, 6.07) is 16.8. The van der Waals surface area contributed by atoms with Crippen LogP contribution in [0.4, 0.5) is 5.95 Å². The molecule has 10 nitrogen and oxygen atoms in total. The van der Waals surface area contributed by atoms with Gasteiger partial charge in [0.15, 0.2) is 28.7 Å². The summed E-state index contributed by atoms with van der Waals surface area (Å²) in [5.74, 6) is 3.11. The van der Waals surface area contributed by atoms with Gasteiger partial charge in [0.2, 0.25) is 11.8 Å². The van der Waals surface area contributed by atoms with Crippen molar-refractivity contribution in [3.63, 3.8) is 0 Å². The number of anilines is 1. The number of furan rings is 1. The highest BCUT2D eigenvalue weighted by Crippen LogP contribution is 2.28. The molecule has 1 atom stereocenters. The number of alkyl halides is 1. The van der Waals surface area contributed by atoms with Crippen LogP contribution in [0.3, 0.4) is 0 Å². The Morgan fingerprint density at radius 1 is 1.03 bits per heavy atom. The lowest BCUT2D eigenvalue weighted by molar-refractivity contribution is 0.0992. The smallest absolute Gasteiger partial charge is 0.226 e. The second kappa shape index (κ2) is 11.6. The van der Waals surface area contributed by atoms with Crippen molar-refractivity contribution in [3.8, 4) is 28.8 Å². The van der Waals surface area contributed by atoms with E-state index in [4.69, 9.17) is 18.6 Å². The number of Topliss-reactive ketones (excluding diaryl/α,β-unsaturated/α-hetero) is 1. The predicted octanol–water partition coefficient (Wildman–Crippen LogP) is 5.21. The van der Waals surface area contributed by atoms with Gasteiger partial charge >= 0.3 is 0 Å². The number of hydrogen-bond acceptors (Lipinski definition) is 9. The van der Waals surface area contributed by atoms with Crippen LogP contribution in [0.15, 0.2) is 71.5 Å². The van der Waals surface area contributed by atoms with Gasteiger partial charge in [-0.15, -0.1) is 5.10 Å². The minimum Gasteiger partial charge on any atom is -0.497 e. The molecule has 0 fully saturated rings.